The summed E-state index contributed by atoms with van der Waals surface area (Å²) >= 11 is 0. The zero-order chi connectivity index (χ0) is 23.3. The molecule has 1 atom stereocenters. The van der Waals surface area contributed by atoms with Crippen molar-refractivity contribution in [3.63, 3.8) is 0 Å². The quantitative estimate of drug-likeness (QED) is 0.621. The minimum Gasteiger partial charge on any atom is -0.326 e. The molecule has 2 amide bonds. The number of amides is 2. The van der Waals surface area contributed by atoms with Gasteiger partial charge >= 0.3 is 0 Å². The molecular weight excluding hydrogens is 426 g/mol. The summed E-state index contributed by atoms with van der Waals surface area (Å²) in [5.41, 5.74) is 2.40. The Labute approximate surface area is 190 Å². The van der Waals surface area contributed by atoms with Crippen molar-refractivity contribution in [3.8, 4) is 0 Å². The van der Waals surface area contributed by atoms with Crippen molar-refractivity contribution in [2.75, 3.05) is 29.9 Å². The lowest BCUT2D eigenvalue weighted by Crippen LogP contribution is -2.32. The van der Waals surface area contributed by atoms with Crippen molar-refractivity contribution >= 4 is 33.2 Å². The first-order valence-electron chi connectivity index (χ1n) is 11.0. The molecule has 0 aromatic heterocycles. The fourth-order valence-electron chi connectivity index (χ4n) is 3.81. The van der Waals surface area contributed by atoms with Crippen molar-refractivity contribution in [2.24, 2.45) is 5.92 Å². The molecule has 1 saturated heterocycles. The van der Waals surface area contributed by atoms with Crippen LogP contribution in [-0.4, -0.2) is 44.2 Å². The van der Waals surface area contributed by atoms with Gasteiger partial charge in [-0.25, -0.2) is 8.42 Å². The second-order valence-electron chi connectivity index (χ2n) is 8.16. The van der Waals surface area contributed by atoms with Gasteiger partial charge in [-0.05, 0) is 56.2 Å². The number of hydrogen-bond acceptors (Lipinski definition) is 4. The van der Waals surface area contributed by atoms with Crippen LogP contribution >= 0.6 is 0 Å². The molecule has 32 heavy (non-hydrogen) atoms. The summed E-state index contributed by atoms with van der Waals surface area (Å²) in [4.78, 5) is 27.0. The van der Waals surface area contributed by atoms with E-state index in [1.807, 2.05) is 45.0 Å². The van der Waals surface area contributed by atoms with E-state index in [1.165, 1.54) is 16.4 Å². The molecule has 2 aromatic rings. The van der Waals surface area contributed by atoms with E-state index in [4.69, 9.17) is 0 Å². The number of nitrogens with zero attached hydrogens (tertiary/aromatic N) is 2. The van der Waals surface area contributed by atoms with E-state index in [0.717, 1.165) is 24.1 Å². The number of benzene rings is 2. The Morgan fingerprint density at radius 2 is 1.62 bits per heavy atom. The van der Waals surface area contributed by atoms with Crippen molar-refractivity contribution in [2.45, 2.75) is 44.9 Å². The molecule has 3 rings (SSSR count). The van der Waals surface area contributed by atoms with Gasteiger partial charge in [-0.1, -0.05) is 31.5 Å². The van der Waals surface area contributed by atoms with Crippen LogP contribution in [0.15, 0.2) is 53.4 Å². The molecule has 1 fully saturated rings. The highest BCUT2D eigenvalue weighted by atomic mass is 32.2. The molecule has 1 N–H and O–H groups in total. The first-order valence-corrected chi connectivity index (χ1v) is 12.5. The van der Waals surface area contributed by atoms with Crippen LogP contribution in [0.3, 0.4) is 0 Å². The van der Waals surface area contributed by atoms with Gasteiger partial charge in [0.05, 0.1) is 10.8 Å². The smallest absolute Gasteiger partial charge is 0.243 e. The third-order valence-corrected chi connectivity index (χ3v) is 7.46. The molecule has 1 aliphatic heterocycles. The van der Waals surface area contributed by atoms with Crippen molar-refractivity contribution in [1.29, 1.82) is 0 Å². The molecule has 0 radical (unpaired) electrons. The minimum atomic E-state index is -3.57. The summed E-state index contributed by atoms with van der Waals surface area (Å²) in [7, 11) is -3.57. The zero-order valence-corrected chi connectivity index (χ0v) is 19.7. The summed E-state index contributed by atoms with van der Waals surface area (Å²) in [5, 5.41) is 2.82. The number of sulfonamides is 1. The number of carbonyl (C=O) groups is 2. The SMILES string of the molecule is CCCN(CCC)S(=O)(=O)c1ccc(NC(=O)C2CC(=O)N(c3ccc(C)cc3)C2)cc1. The first kappa shape index (κ1) is 23.9. The molecule has 7 nitrogen and oxygen atoms in total. The lowest BCUT2D eigenvalue weighted by atomic mass is 10.1. The number of anilines is 2. The zero-order valence-electron chi connectivity index (χ0n) is 18.9. The molecular formula is C24H31N3O4S. The average molecular weight is 458 g/mol. The van der Waals surface area contributed by atoms with Gasteiger partial charge in [0, 0.05) is 37.4 Å². The molecule has 0 saturated carbocycles. The molecule has 1 unspecified atom stereocenters. The second kappa shape index (κ2) is 10.3. The first-order chi connectivity index (χ1) is 15.3. The fraction of sp³-hybridized carbons (Fsp3) is 0.417. The third kappa shape index (κ3) is 5.37. The van der Waals surface area contributed by atoms with Gasteiger partial charge in [0.15, 0.2) is 0 Å². The lowest BCUT2D eigenvalue weighted by molar-refractivity contribution is -0.122. The van der Waals surface area contributed by atoms with Crippen molar-refractivity contribution in [3.05, 3.63) is 54.1 Å². The van der Waals surface area contributed by atoms with Crippen LogP contribution in [0.2, 0.25) is 0 Å². The average Bonchev–Trinajstić information content (AvgIpc) is 3.16. The number of nitrogens with one attached hydrogen (secondary N) is 1. The molecule has 0 bridgehead atoms. The third-order valence-electron chi connectivity index (χ3n) is 5.55. The Balaban J connectivity index is 1.66. The second-order valence-corrected chi connectivity index (χ2v) is 10.1. The van der Waals surface area contributed by atoms with E-state index in [-0.39, 0.29) is 23.1 Å². The van der Waals surface area contributed by atoms with E-state index in [9.17, 15) is 18.0 Å². The Morgan fingerprint density at radius 3 is 2.19 bits per heavy atom. The van der Waals surface area contributed by atoms with Crippen molar-refractivity contribution in [1.82, 2.24) is 4.31 Å². The Kier molecular flexibility index (Phi) is 7.69. The van der Waals surface area contributed by atoms with Crippen LogP contribution < -0.4 is 10.2 Å². The Hall–Kier alpha value is -2.71. The fourth-order valence-corrected chi connectivity index (χ4v) is 5.44. The molecule has 8 heteroatoms. The van der Waals surface area contributed by atoms with Gasteiger partial charge < -0.3 is 10.2 Å². The van der Waals surface area contributed by atoms with E-state index in [1.54, 1.807) is 17.0 Å². The highest BCUT2D eigenvalue weighted by Crippen LogP contribution is 2.27. The van der Waals surface area contributed by atoms with Gasteiger partial charge in [-0.15, -0.1) is 0 Å². The van der Waals surface area contributed by atoms with Gasteiger partial charge in [0.1, 0.15) is 0 Å². The summed E-state index contributed by atoms with van der Waals surface area (Å²) in [6.07, 6.45) is 1.63. The number of rotatable bonds is 9. The van der Waals surface area contributed by atoms with E-state index in [0.29, 0.717) is 25.3 Å². The summed E-state index contributed by atoms with van der Waals surface area (Å²) in [6, 6.07) is 13.9. The van der Waals surface area contributed by atoms with Gasteiger partial charge in [0.2, 0.25) is 21.8 Å². The highest BCUT2D eigenvalue weighted by molar-refractivity contribution is 7.89. The van der Waals surface area contributed by atoms with E-state index in [2.05, 4.69) is 5.32 Å². The molecule has 0 spiro atoms. The molecule has 0 aliphatic carbocycles. The normalized spacial score (nSPS) is 16.6. The molecule has 1 heterocycles. The van der Waals surface area contributed by atoms with Crippen LogP contribution in [0.1, 0.15) is 38.7 Å². The maximum absolute atomic E-state index is 12.9. The Bertz CT molecular complexity index is 1040. The Morgan fingerprint density at radius 1 is 1.03 bits per heavy atom. The minimum absolute atomic E-state index is 0.0811. The monoisotopic (exact) mass is 457 g/mol. The highest BCUT2D eigenvalue weighted by Gasteiger charge is 2.35. The number of aryl methyl sites for hydroxylation is 1. The van der Waals surface area contributed by atoms with Crippen molar-refractivity contribution < 1.29 is 18.0 Å². The van der Waals surface area contributed by atoms with Gasteiger partial charge in [-0.2, -0.15) is 4.31 Å². The predicted octanol–water partition coefficient (Wildman–Crippen LogP) is 3.80. The molecule has 2 aromatic carbocycles. The maximum Gasteiger partial charge on any atom is 0.243 e. The summed E-state index contributed by atoms with van der Waals surface area (Å²) in [6.45, 7) is 7.15. The molecule has 172 valence electrons. The van der Waals surface area contributed by atoms with Crippen LogP contribution in [0.4, 0.5) is 11.4 Å². The van der Waals surface area contributed by atoms with Crippen LogP contribution in [0, 0.1) is 12.8 Å². The number of carbonyl (C=O) groups excluding carboxylic acids is 2. The van der Waals surface area contributed by atoms with Crippen LogP contribution in [0.25, 0.3) is 0 Å². The summed E-state index contributed by atoms with van der Waals surface area (Å²) < 4.78 is 27.2. The standard InChI is InChI=1S/C24H31N3O4S/c1-4-14-26(15-5-2)32(30,31)22-12-8-20(9-13-22)25-24(29)19-16-23(28)27(17-19)21-10-6-18(3)7-11-21/h6-13,19H,4-5,14-17H2,1-3H3,(H,25,29). The molecule has 1 aliphatic rings. The topological polar surface area (TPSA) is 86.8 Å². The van der Waals surface area contributed by atoms with Gasteiger partial charge in [-0.3, -0.25) is 9.59 Å². The van der Waals surface area contributed by atoms with E-state index < -0.39 is 15.9 Å². The lowest BCUT2D eigenvalue weighted by Gasteiger charge is -2.21. The summed E-state index contributed by atoms with van der Waals surface area (Å²) in [5.74, 6) is -0.790. The van der Waals surface area contributed by atoms with E-state index >= 15 is 0 Å². The predicted molar refractivity (Wildman–Crippen MR) is 126 cm³/mol. The van der Waals surface area contributed by atoms with Gasteiger partial charge in [0.25, 0.3) is 0 Å². The van der Waals surface area contributed by atoms with Crippen LogP contribution in [-0.2, 0) is 19.6 Å². The largest absolute Gasteiger partial charge is 0.326 e. The maximum atomic E-state index is 12.9. The number of hydrogen-bond donors (Lipinski definition) is 1. The van der Waals surface area contributed by atoms with Crippen LogP contribution in [0.5, 0.6) is 0 Å².